The van der Waals surface area contributed by atoms with Gasteiger partial charge in [0.1, 0.15) is 11.7 Å². The molecule has 1 aliphatic rings. The molecule has 4 nitrogen and oxygen atoms in total. The Bertz CT molecular complexity index is 835. The number of carbonyl (C=O) groups is 1. The highest BCUT2D eigenvalue weighted by Gasteiger charge is 2.30. The predicted molar refractivity (Wildman–Crippen MR) is 120 cm³/mol. The predicted octanol–water partition coefficient (Wildman–Crippen LogP) is 5.29. The summed E-state index contributed by atoms with van der Waals surface area (Å²) in [6, 6.07) is 13.3. The van der Waals surface area contributed by atoms with Crippen LogP contribution in [0.25, 0.3) is 0 Å². The van der Waals surface area contributed by atoms with Crippen molar-refractivity contribution in [1.82, 2.24) is 4.90 Å². The highest BCUT2D eigenvalue weighted by atomic mass is 35.5. The van der Waals surface area contributed by atoms with Crippen LogP contribution < -0.4 is 10.1 Å². The van der Waals surface area contributed by atoms with E-state index >= 15 is 0 Å². The van der Waals surface area contributed by atoms with Crippen molar-refractivity contribution < 1.29 is 9.53 Å². The summed E-state index contributed by atoms with van der Waals surface area (Å²) in [5.41, 5.74) is 3.33. The van der Waals surface area contributed by atoms with Crippen molar-refractivity contribution in [2.24, 2.45) is 0 Å². The fourth-order valence-corrected chi connectivity index (χ4v) is 3.76. The first-order valence-corrected chi connectivity index (χ1v) is 10.6. The van der Waals surface area contributed by atoms with Crippen LogP contribution in [0.1, 0.15) is 36.3 Å². The van der Waals surface area contributed by atoms with Crippen LogP contribution in [-0.2, 0) is 11.2 Å². The number of anilines is 1. The maximum atomic E-state index is 12.7. The smallest absolute Gasteiger partial charge is 0.320 e. The second kappa shape index (κ2) is 10.5. The van der Waals surface area contributed by atoms with E-state index in [1.807, 2.05) is 6.08 Å². The molecule has 0 amide bonds. The molecule has 1 atom stereocenters. The van der Waals surface area contributed by atoms with E-state index in [0.717, 1.165) is 37.2 Å². The van der Waals surface area contributed by atoms with Gasteiger partial charge in [-0.05, 0) is 74.3 Å². The van der Waals surface area contributed by atoms with E-state index < -0.39 is 0 Å². The van der Waals surface area contributed by atoms with Gasteiger partial charge in [-0.25, -0.2) is 0 Å². The first-order chi connectivity index (χ1) is 14.1. The first-order valence-electron chi connectivity index (χ1n) is 10.2. The summed E-state index contributed by atoms with van der Waals surface area (Å²) >= 11 is 5.89. The quantitative estimate of drug-likeness (QED) is 0.249. The number of hydrogen-bond acceptors (Lipinski definition) is 4. The van der Waals surface area contributed by atoms with Crippen LogP contribution in [0.2, 0.25) is 5.02 Å². The molecule has 29 heavy (non-hydrogen) atoms. The zero-order valence-electron chi connectivity index (χ0n) is 17.0. The van der Waals surface area contributed by atoms with Gasteiger partial charge < -0.3 is 15.0 Å². The molecule has 5 heteroatoms. The van der Waals surface area contributed by atoms with E-state index in [0.29, 0.717) is 17.3 Å². The van der Waals surface area contributed by atoms with Crippen LogP contribution in [-0.4, -0.2) is 37.6 Å². The molecule has 1 aliphatic heterocycles. The maximum Gasteiger partial charge on any atom is 0.320 e. The molecule has 1 heterocycles. The molecule has 154 valence electrons. The Kier molecular flexibility index (Phi) is 7.73. The van der Waals surface area contributed by atoms with Gasteiger partial charge in [-0.15, -0.1) is 6.58 Å². The third kappa shape index (κ3) is 6.09. The number of hydrogen-bond donors (Lipinski definition) is 1. The van der Waals surface area contributed by atoms with Gasteiger partial charge in [0, 0.05) is 23.8 Å². The molecule has 0 aromatic heterocycles. The van der Waals surface area contributed by atoms with Gasteiger partial charge in [0.05, 0.1) is 0 Å². The lowest BCUT2D eigenvalue weighted by Gasteiger charge is -2.14. The normalized spacial score (nSPS) is 15.1. The van der Waals surface area contributed by atoms with Crippen molar-refractivity contribution in [3.05, 3.63) is 71.3 Å². The molecule has 1 unspecified atom stereocenters. The molecule has 0 bridgehead atoms. The lowest BCUT2D eigenvalue weighted by atomic mass is 9.97. The van der Waals surface area contributed by atoms with Crippen LogP contribution in [0.15, 0.2) is 55.1 Å². The van der Waals surface area contributed by atoms with E-state index in [4.69, 9.17) is 16.3 Å². The number of nitrogens with one attached hydrogen (secondary N) is 1. The van der Waals surface area contributed by atoms with Crippen molar-refractivity contribution in [1.29, 1.82) is 0 Å². The minimum Gasteiger partial charge on any atom is -0.426 e. The number of halogens is 1. The van der Waals surface area contributed by atoms with Gasteiger partial charge in [0.15, 0.2) is 0 Å². The molecule has 0 saturated heterocycles. The maximum absolute atomic E-state index is 12.7. The minimum absolute atomic E-state index is 0.235. The van der Waals surface area contributed by atoms with Gasteiger partial charge in [-0.2, -0.15) is 0 Å². The monoisotopic (exact) mass is 412 g/mol. The summed E-state index contributed by atoms with van der Waals surface area (Å²) in [6.45, 7) is 6.38. The standard InChI is InChI=1S/C24H29ClN2O2/c1-3-14-27(2)15-6-4-5-7-18-8-13-23-21(16-18)22(17-26-23)24(28)29-20-11-9-19(25)10-12-20/h3,8-13,16,22,26H,1,4-7,14-15,17H2,2H3. The van der Waals surface area contributed by atoms with E-state index in [1.165, 1.54) is 18.4 Å². The summed E-state index contributed by atoms with van der Waals surface area (Å²) in [7, 11) is 2.12. The summed E-state index contributed by atoms with van der Waals surface area (Å²) in [4.78, 5) is 15.0. The zero-order chi connectivity index (χ0) is 20.6. The Morgan fingerprint density at radius 3 is 2.79 bits per heavy atom. The molecular weight excluding hydrogens is 384 g/mol. The van der Waals surface area contributed by atoms with Gasteiger partial charge in [0.25, 0.3) is 0 Å². The second-order valence-corrected chi connectivity index (χ2v) is 8.03. The number of carbonyl (C=O) groups excluding carboxylic acids is 1. The summed E-state index contributed by atoms with van der Waals surface area (Å²) in [5.74, 6) is -0.000383. The van der Waals surface area contributed by atoms with Crippen molar-refractivity contribution >= 4 is 23.3 Å². The molecule has 2 aromatic carbocycles. The van der Waals surface area contributed by atoms with Crippen LogP contribution in [0, 0.1) is 0 Å². The summed E-state index contributed by atoms with van der Waals surface area (Å²) in [6.07, 6.45) is 6.49. The molecule has 0 spiro atoms. The zero-order valence-corrected chi connectivity index (χ0v) is 17.8. The number of esters is 1. The Labute approximate surface area is 178 Å². The first kappa shape index (κ1) is 21.4. The Hall–Kier alpha value is -2.30. The van der Waals surface area contributed by atoms with E-state index in [9.17, 15) is 4.79 Å². The third-order valence-electron chi connectivity index (χ3n) is 5.25. The highest BCUT2D eigenvalue weighted by molar-refractivity contribution is 6.30. The van der Waals surface area contributed by atoms with E-state index in [1.54, 1.807) is 24.3 Å². The fraction of sp³-hybridized carbons (Fsp3) is 0.375. The molecule has 0 saturated carbocycles. The van der Waals surface area contributed by atoms with Gasteiger partial charge in [-0.3, -0.25) is 4.79 Å². The fourth-order valence-electron chi connectivity index (χ4n) is 3.64. The van der Waals surface area contributed by atoms with Crippen molar-refractivity contribution in [3.8, 4) is 5.75 Å². The second-order valence-electron chi connectivity index (χ2n) is 7.59. The number of rotatable bonds is 10. The van der Waals surface area contributed by atoms with Crippen LogP contribution >= 0.6 is 11.6 Å². The van der Waals surface area contributed by atoms with Crippen LogP contribution in [0.5, 0.6) is 5.75 Å². The Morgan fingerprint density at radius 2 is 2.03 bits per heavy atom. The van der Waals surface area contributed by atoms with Crippen molar-refractivity contribution in [2.45, 2.75) is 31.6 Å². The number of unbranched alkanes of at least 4 members (excludes halogenated alkanes) is 2. The lowest BCUT2D eigenvalue weighted by Crippen LogP contribution is -2.20. The number of ether oxygens (including phenoxy) is 1. The van der Waals surface area contributed by atoms with Crippen molar-refractivity contribution in [2.75, 3.05) is 32.0 Å². The van der Waals surface area contributed by atoms with Crippen LogP contribution in [0.3, 0.4) is 0 Å². The third-order valence-corrected chi connectivity index (χ3v) is 5.50. The molecule has 2 aromatic rings. The molecule has 0 fully saturated rings. The van der Waals surface area contributed by atoms with E-state index in [-0.39, 0.29) is 11.9 Å². The number of aryl methyl sites for hydroxylation is 1. The molecule has 0 radical (unpaired) electrons. The highest BCUT2D eigenvalue weighted by Crippen LogP contribution is 2.34. The Balaban J connectivity index is 1.53. The minimum atomic E-state index is -0.284. The molecule has 3 rings (SSSR count). The average molecular weight is 413 g/mol. The summed E-state index contributed by atoms with van der Waals surface area (Å²) in [5, 5.41) is 3.94. The van der Waals surface area contributed by atoms with Gasteiger partial charge in [-0.1, -0.05) is 36.2 Å². The SMILES string of the molecule is C=CCN(C)CCCCCc1ccc2c(c1)C(C(=O)Oc1ccc(Cl)cc1)CN2. The average Bonchev–Trinajstić information content (AvgIpc) is 3.13. The van der Waals surface area contributed by atoms with Gasteiger partial charge >= 0.3 is 5.97 Å². The number of benzene rings is 2. The number of fused-ring (bicyclic) bond motifs is 1. The number of nitrogens with zero attached hydrogens (tertiary/aromatic N) is 1. The summed E-state index contributed by atoms with van der Waals surface area (Å²) < 4.78 is 5.56. The topological polar surface area (TPSA) is 41.6 Å². The number of likely N-dealkylation sites (N-methyl/N-ethyl adjacent to an activating group) is 1. The molecule has 1 N–H and O–H groups in total. The lowest BCUT2D eigenvalue weighted by molar-refractivity contribution is -0.135. The van der Waals surface area contributed by atoms with E-state index in [2.05, 4.69) is 42.0 Å². The van der Waals surface area contributed by atoms with Gasteiger partial charge in [0.2, 0.25) is 0 Å². The van der Waals surface area contributed by atoms with Crippen LogP contribution in [0.4, 0.5) is 5.69 Å². The molecular formula is C24H29ClN2O2. The largest absolute Gasteiger partial charge is 0.426 e. The Morgan fingerprint density at radius 1 is 1.24 bits per heavy atom. The molecule has 0 aliphatic carbocycles. The van der Waals surface area contributed by atoms with Crippen molar-refractivity contribution in [3.63, 3.8) is 0 Å².